The van der Waals surface area contributed by atoms with Gasteiger partial charge in [0, 0.05) is 5.25 Å². The minimum absolute atomic E-state index is 0.699. The second kappa shape index (κ2) is 4.28. The molecular weight excluding hydrogens is 200 g/mol. The Morgan fingerprint density at radius 3 is 2.40 bits per heavy atom. The highest BCUT2D eigenvalue weighted by atomic mass is 32.3. The van der Waals surface area contributed by atoms with E-state index in [-0.39, 0.29) is 0 Å². The maximum Gasteiger partial charge on any atom is 0.0140 e. The predicted molar refractivity (Wildman–Crippen MR) is 70.8 cm³/mol. The molecule has 1 aliphatic rings. The van der Waals surface area contributed by atoms with E-state index >= 15 is 0 Å². The quantitative estimate of drug-likeness (QED) is 0.704. The first kappa shape index (κ1) is 10.6. The van der Waals surface area contributed by atoms with Crippen LogP contribution in [0.25, 0.3) is 0 Å². The average molecular weight is 218 g/mol. The Labute approximate surface area is 94.0 Å². The van der Waals surface area contributed by atoms with Crippen LogP contribution in [0.1, 0.15) is 6.42 Å². The van der Waals surface area contributed by atoms with Crippen molar-refractivity contribution in [1.82, 2.24) is 0 Å². The molecule has 2 rings (SSSR count). The molecule has 0 bridgehead atoms. The fraction of sp³-hybridized carbons (Fsp3) is 0.286. The first-order chi connectivity index (χ1) is 7.21. The number of benzene rings is 1. The van der Waals surface area contributed by atoms with Gasteiger partial charge >= 0.3 is 0 Å². The van der Waals surface area contributed by atoms with E-state index in [1.165, 1.54) is 11.3 Å². The van der Waals surface area contributed by atoms with Gasteiger partial charge in [0.2, 0.25) is 0 Å². The van der Waals surface area contributed by atoms with Crippen molar-refractivity contribution in [3.8, 4) is 0 Å². The van der Waals surface area contributed by atoms with Gasteiger partial charge in [-0.05, 0) is 23.8 Å². The van der Waals surface area contributed by atoms with E-state index in [4.69, 9.17) is 0 Å². The van der Waals surface area contributed by atoms with Crippen molar-refractivity contribution in [1.29, 1.82) is 0 Å². The summed E-state index contributed by atoms with van der Waals surface area (Å²) in [7, 11) is -0.700. The second-order valence-corrected chi connectivity index (χ2v) is 8.19. The molecule has 0 radical (unpaired) electrons. The van der Waals surface area contributed by atoms with Crippen LogP contribution in [0.15, 0.2) is 59.5 Å². The fourth-order valence-corrected chi connectivity index (χ4v) is 4.22. The van der Waals surface area contributed by atoms with E-state index in [2.05, 4.69) is 67.1 Å². The Morgan fingerprint density at radius 1 is 1.07 bits per heavy atom. The number of allylic oxidation sites excluding steroid dienone is 3. The zero-order chi connectivity index (χ0) is 10.7. The van der Waals surface area contributed by atoms with Crippen molar-refractivity contribution in [2.24, 2.45) is 0 Å². The maximum absolute atomic E-state index is 2.41. The molecule has 0 aromatic heterocycles. The summed E-state index contributed by atoms with van der Waals surface area (Å²) in [5.41, 5.74) is 0. The number of hydrogen-bond acceptors (Lipinski definition) is 0. The highest BCUT2D eigenvalue weighted by molar-refractivity contribution is 8.33. The Hall–Kier alpha value is -0.950. The Morgan fingerprint density at radius 2 is 1.80 bits per heavy atom. The summed E-state index contributed by atoms with van der Waals surface area (Å²) in [4.78, 5) is 1.51. The van der Waals surface area contributed by atoms with Crippen LogP contribution >= 0.6 is 10.0 Å². The van der Waals surface area contributed by atoms with Gasteiger partial charge in [-0.1, -0.05) is 54.6 Å². The summed E-state index contributed by atoms with van der Waals surface area (Å²) in [5.74, 6) is 0. The van der Waals surface area contributed by atoms with Crippen LogP contribution in [0.3, 0.4) is 0 Å². The van der Waals surface area contributed by atoms with Gasteiger partial charge in [0.25, 0.3) is 0 Å². The topological polar surface area (TPSA) is 0 Å². The SMILES string of the molecule is CS(C)(c1ccccc1)C1C=CC=CC1. The standard InChI is InChI=1S/C14H18S/c1-15(2,13-9-5-3-6-10-13)14-11-7-4-8-12-14/h3-11,14H,12H2,1-2H3. The van der Waals surface area contributed by atoms with Gasteiger partial charge in [0.1, 0.15) is 0 Å². The zero-order valence-corrected chi connectivity index (χ0v) is 10.2. The Kier molecular flexibility index (Phi) is 3.01. The van der Waals surface area contributed by atoms with Crippen LogP contribution in [0.4, 0.5) is 0 Å². The predicted octanol–water partition coefficient (Wildman–Crippen LogP) is 3.99. The van der Waals surface area contributed by atoms with Crippen molar-refractivity contribution < 1.29 is 0 Å². The molecule has 80 valence electrons. The summed E-state index contributed by atoms with van der Waals surface area (Å²) in [6.45, 7) is 0. The molecule has 0 nitrogen and oxygen atoms in total. The minimum Gasteiger partial charge on any atom is -0.214 e. The van der Waals surface area contributed by atoms with Crippen molar-refractivity contribution in [3.63, 3.8) is 0 Å². The van der Waals surface area contributed by atoms with E-state index in [0.29, 0.717) is 5.25 Å². The molecule has 15 heavy (non-hydrogen) atoms. The summed E-state index contributed by atoms with van der Waals surface area (Å²) in [6.07, 6.45) is 15.0. The van der Waals surface area contributed by atoms with Crippen LogP contribution < -0.4 is 0 Å². The third-order valence-corrected chi connectivity index (χ3v) is 6.40. The Bertz CT molecular complexity index is 374. The van der Waals surface area contributed by atoms with E-state index < -0.39 is 10.0 Å². The molecule has 1 aromatic rings. The molecule has 0 aliphatic heterocycles. The first-order valence-electron chi connectivity index (χ1n) is 5.32. The first-order valence-corrected chi connectivity index (χ1v) is 7.83. The monoisotopic (exact) mass is 218 g/mol. The van der Waals surface area contributed by atoms with Gasteiger partial charge in [-0.25, -0.2) is 10.0 Å². The highest BCUT2D eigenvalue weighted by Gasteiger charge is 2.23. The average Bonchev–Trinajstić information content (AvgIpc) is 2.31. The smallest absolute Gasteiger partial charge is 0.0140 e. The van der Waals surface area contributed by atoms with Crippen LogP contribution in [-0.2, 0) is 0 Å². The Balaban J connectivity index is 2.27. The highest BCUT2D eigenvalue weighted by Crippen LogP contribution is 2.55. The normalized spacial score (nSPS) is 21.6. The van der Waals surface area contributed by atoms with Gasteiger partial charge in [0.05, 0.1) is 0 Å². The lowest BCUT2D eigenvalue weighted by atomic mass is 10.2. The van der Waals surface area contributed by atoms with Gasteiger partial charge in [-0.15, -0.1) is 0 Å². The van der Waals surface area contributed by atoms with Crippen LogP contribution in [0.5, 0.6) is 0 Å². The summed E-state index contributed by atoms with van der Waals surface area (Å²) in [5, 5.41) is 0.699. The lowest BCUT2D eigenvalue weighted by Gasteiger charge is -2.39. The van der Waals surface area contributed by atoms with Gasteiger partial charge in [-0.2, -0.15) is 0 Å². The molecule has 1 atom stereocenters. The minimum atomic E-state index is -0.700. The maximum atomic E-state index is 2.41. The van der Waals surface area contributed by atoms with Crippen LogP contribution in [0, 0.1) is 0 Å². The van der Waals surface area contributed by atoms with Crippen molar-refractivity contribution in [2.45, 2.75) is 16.6 Å². The molecule has 1 aromatic carbocycles. The largest absolute Gasteiger partial charge is 0.214 e. The summed E-state index contributed by atoms with van der Waals surface area (Å²) >= 11 is 0. The molecule has 1 aliphatic carbocycles. The van der Waals surface area contributed by atoms with Gasteiger partial charge in [-0.3, -0.25) is 0 Å². The lowest BCUT2D eigenvalue weighted by molar-refractivity contribution is 1.04. The van der Waals surface area contributed by atoms with E-state index in [1.807, 2.05) is 0 Å². The van der Waals surface area contributed by atoms with E-state index in [9.17, 15) is 0 Å². The van der Waals surface area contributed by atoms with Crippen LogP contribution in [-0.4, -0.2) is 17.8 Å². The molecular formula is C14H18S. The third kappa shape index (κ3) is 2.18. The molecule has 0 amide bonds. The zero-order valence-electron chi connectivity index (χ0n) is 9.39. The summed E-state index contributed by atoms with van der Waals surface area (Å²) in [6, 6.07) is 10.9. The second-order valence-electron chi connectivity index (χ2n) is 4.31. The van der Waals surface area contributed by atoms with Gasteiger partial charge < -0.3 is 0 Å². The molecule has 0 saturated heterocycles. The number of hydrogen-bond donors (Lipinski definition) is 0. The van der Waals surface area contributed by atoms with Crippen molar-refractivity contribution in [3.05, 3.63) is 54.6 Å². The molecule has 0 fully saturated rings. The van der Waals surface area contributed by atoms with Gasteiger partial charge in [0.15, 0.2) is 0 Å². The molecule has 0 heterocycles. The number of rotatable bonds is 2. The van der Waals surface area contributed by atoms with Crippen molar-refractivity contribution in [2.75, 3.05) is 12.5 Å². The lowest BCUT2D eigenvalue weighted by Crippen LogP contribution is -2.15. The van der Waals surface area contributed by atoms with Crippen molar-refractivity contribution >= 4 is 10.0 Å². The fourth-order valence-electron chi connectivity index (χ4n) is 1.94. The third-order valence-electron chi connectivity index (χ3n) is 3.05. The molecule has 1 heteroatoms. The molecule has 0 spiro atoms. The van der Waals surface area contributed by atoms with E-state index in [0.717, 1.165) is 0 Å². The molecule has 0 N–H and O–H groups in total. The van der Waals surface area contributed by atoms with E-state index in [1.54, 1.807) is 0 Å². The van der Waals surface area contributed by atoms with Crippen LogP contribution in [0.2, 0.25) is 0 Å². The molecule has 1 unspecified atom stereocenters. The molecule has 0 saturated carbocycles. The summed E-state index contributed by atoms with van der Waals surface area (Å²) < 4.78 is 0.